The molecule has 2 N–H and O–H groups in total. The molecule has 4 aliphatic rings. The Kier molecular flexibility index (Phi) is 3.00. The first-order valence-electron chi connectivity index (χ1n) is 8.00. The molecule has 0 spiro atoms. The van der Waals surface area contributed by atoms with Crippen molar-refractivity contribution in [3.05, 3.63) is 22.4 Å². The molecule has 4 saturated carbocycles. The average Bonchev–Trinajstić information content (AvgIpc) is 2.87. The first-order valence-corrected chi connectivity index (χ1v) is 8.88. The van der Waals surface area contributed by atoms with E-state index in [0.29, 0.717) is 5.41 Å². The van der Waals surface area contributed by atoms with Crippen LogP contribution in [0.25, 0.3) is 0 Å². The van der Waals surface area contributed by atoms with Gasteiger partial charge in [0.1, 0.15) is 0 Å². The molecular weight excluding hydrogens is 250 g/mol. The average molecular weight is 275 g/mol. The van der Waals surface area contributed by atoms with Gasteiger partial charge >= 0.3 is 0 Å². The van der Waals surface area contributed by atoms with E-state index in [-0.39, 0.29) is 0 Å². The maximum Gasteiger partial charge on any atom is 0.00486 e. The highest BCUT2D eigenvalue weighted by atomic mass is 32.1. The smallest absolute Gasteiger partial charge is 0.00486 e. The van der Waals surface area contributed by atoms with Crippen LogP contribution < -0.4 is 5.73 Å². The molecule has 4 aliphatic carbocycles. The highest BCUT2D eigenvalue weighted by Crippen LogP contribution is 2.63. The summed E-state index contributed by atoms with van der Waals surface area (Å²) in [5, 5.41) is 2.21. The quantitative estimate of drug-likeness (QED) is 0.880. The molecule has 4 bridgehead atoms. The summed E-state index contributed by atoms with van der Waals surface area (Å²) in [6.07, 6.45) is 10.3. The van der Waals surface area contributed by atoms with Crippen molar-refractivity contribution in [2.75, 3.05) is 6.54 Å². The van der Waals surface area contributed by atoms with Crippen molar-refractivity contribution < 1.29 is 0 Å². The van der Waals surface area contributed by atoms with E-state index in [4.69, 9.17) is 5.73 Å². The van der Waals surface area contributed by atoms with Gasteiger partial charge in [-0.1, -0.05) is 6.07 Å². The van der Waals surface area contributed by atoms with Gasteiger partial charge in [-0.2, -0.15) is 0 Å². The molecule has 0 aromatic carbocycles. The number of thiophene rings is 1. The van der Waals surface area contributed by atoms with Crippen LogP contribution >= 0.6 is 11.3 Å². The van der Waals surface area contributed by atoms with Crippen LogP contribution in [0.5, 0.6) is 0 Å². The lowest BCUT2D eigenvalue weighted by Gasteiger charge is -2.59. The van der Waals surface area contributed by atoms with Crippen molar-refractivity contribution in [2.24, 2.45) is 34.8 Å². The summed E-state index contributed by atoms with van der Waals surface area (Å²) in [6, 6.07) is 4.49. The summed E-state index contributed by atoms with van der Waals surface area (Å²) in [5.41, 5.74) is 6.83. The summed E-state index contributed by atoms with van der Waals surface area (Å²) in [6.45, 7) is 0.893. The second-order valence-corrected chi connectivity index (χ2v) is 8.53. The minimum atomic E-state index is 0.619. The van der Waals surface area contributed by atoms with Gasteiger partial charge in [0.2, 0.25) is 0 Å². The van der Waals surface area contributed by atoms with Gasteiger partial charge in [-0.15, -0.1) is 11.3 Å². The molecule has 1 aromatic rings. The summed E-state index contributed by atoms with van der Waals surface area (Å²) >= 11 is 1.92. The highest BCUT2D eigenvalue weighted by molar-refractivity contribution is 7.09. The number of hydrogen-bond donors (Lipinski definition) is 1. The Morgan fingerprint density at radius 3 is 2.26 bits per heavy atom. The van der Waals surface area contributed by atoms with Crippen LogP contribution in [-0.2, 0) is 6.42 Å². The Labute approximate surface area is 120 Å². The van der Waals surface area contributed by atoms with Crippen molar-refractivity contribution in [3.8, 4) is 0 Å². The van der Waals surface area contributed by atoms with E-state index in [1.165, 1.54) is 44.9 Å². The van der Waals surface area contributed by atoms with Gasteiger partial charge in [0.25, 0.3) is 0 Å². The van der Waals surface area contributed by atoms with Crippen molar-refractivity contribution in [1.29, 1.82) is 0 Å². The zero-order chi connectivity index (χ0) is 12.9. The Morgan fingerprint density at radius 1 is 1.16 bits per heavy atom. The maximum absolute atomic E-state index is 6.22. The number of hydrogen-bond acceptors (Lipinski definition) is 2. The molecule has 19 heavy (non-hydrogen) atoms. The van der Waals surface area contributed by atoms with Crippen LogP contribution in [0.3, 0.4) is 0 Å². The third kappa shape index (κ3) is 2.08. The first kappa shape index (κ1) is 12.4. The summed E-state index contributed by atoms with van der Waals surface area (Å²) in [4.78, 5) is 1.55. The molecule has 1 aromatic heterocycles. The molecule has 0 aliphatic heterocycles. The molecule has 0 amide bonds. The zero-order valence-corrected chi connectivity index (χ0v) is 12.5. The first-order chi connectivity index (χ1) is 9.27. The zero-order valence-electron chi connectivity index (χ0n) is 11.7. The molecule has 1 atom stereocenters. The fourth-order valence-corrected chi connectivity index (χ4v) is 6.69. The monoisotopic (exact) mass is 275 g/mol. The van der Waals surface area contributed by atoms with Gasteiger partial charge in [0, 0.05) is 4.88 Å². The lowest BCUT2D eigenvalue weighted by atomic mass is 9.46. The van der Waals surface area contributed by atoms with Gasteiger partial charge < -0.3 is 5.73 Å². The van der Waals surface area contributed by atoms with Crippen LogP contribution in [-0.4, -0.2) is 6.54 Å². The standard InChI is InChI=1S/C17H25NS/c18-11-15(7-16-2-1-3-19-16)17-8-12-4-13(9-17)6-14(5-12)10-17/h1-3,12-15H,4-11,18H2. The molecule has 2 heteroatoms. The molecule has 1 nitrogen and oxygen atoms in total. The van der Waals surface area contributed by atoms with Crippen LogP contribution in [0, 0.1) is 29.1 Å². The van der Waals surface area contributed by atoms with Crippen LogP contribution in [0.1, 0.15) is 43.4 Å². The molecule has 4 fully saturated rings. The van der Waals surface area contributed by atoms with E-state index in [2.05, 4.69) is 17.5 Å². The van der Waals surface area contributed by atoms with E-state index in [1.54, 1.807) is 4.88 Å². The lowest BCUT2D eigenvalue weighted by molar-refractivity contribution is -0.0848. The Balaban J connectivity index is 1.58. The number of rotatable bonds is 4. The fourth-order valence-electron chi connectivity index (χ4n) is 5.90. The highest BCUT2D eigenvalue weighted by Gasteiger charge is 2.53. The molecule has 1 heterocycles. The Hall–Kier alpha value is -0.340. The van der Waals surface area contributed by atoms with Gasteiger partial charge in [-0.25, -0.2) is 0 Å². The van der Waals surface area contributed by atoms with E-state index >= 15 is 0 Å². The molecule has 0 radical (unpaired) electrons. The van der Waals surface area contributed by atoms with E-state index in [1.807, 2.05) is 11.3 Å². The van der Waals surface area contributed by atoms with E-state index in [0.717, 1.165) is 30.2 Å². The van der Waals surface area contributed by atoms with Crippen molar-refractivity contribution in [3.63, 3.8) is 0 Å². The number of nitrogens with two attached hydrogens (primary N) is 1. The molecular formula is C17H25NS. The topological polar surface area (TPSA) is 26.0 Å². The summed E-state index contributed by atoms with van der Waals surface area (Å²) in [7, 11) is 0. The second kappa shape index (κ2) is 4.60. The maximum atomic E-state index is 6.22. The summed E-state index contributed by atoms with van der Waals surface area (Å²) < 4.78 is 0. The van der Waals surface area contributed by atoms with Crippen molar-refractivity contribution >= 4 is 11.3 Å². The predicted molar refractivity (Wildman–Crippen MR) is 81.2 cm³/mol. The van der Waals surface area contributed by atoms with Gasteiger partial charge in [-0.3, -0.25) is 0 Å². The molecule has 5 rings (SSSR count). The normalized spacial score (nSPS) is 41.6. The Morgan fingerprint density at radius 2 is 1.79 bits per heavy atom. The minimum absolute atomic E-state index is 0.619. The van der Waals surface area contributed by atoms with Gasteiger partial charge in [-0.05, 0) is 92.0 Å². The largest absolute Gasteiger partial charge is 0.330 e. The fraction of sp³-hybridized carbons (Fsp3) is 0.765. The van der Waals surface area contributed by atoms with Crippen LogP contribution in [0.15, 0.2) is 17.5 Å². The molecule has 0 saturated heterocycles. The third-order valence-electron chi connectivity index (χ3n) is 6.26. The van der Waals surface area contributed by atoms with Crippen molar-refractivity contribution in [2.45, 2.75) is 44.9 Å². The van der Waals surface area contributed by atoms with E-state index in [9.17, 15) is 0 Å². The SMILES string of the molecule is NCC(Cc1cccs1)C12CC3CC(CC(C3)C1)C2. The molecule has 104 valence electrons. The van der Waals surface area contributed by atoms with Crippen LogP contribution in [0.2, 0.25) is 0 Å². The second-order valence-electron chi connectivity index (χ2n) is 7.50. The Bertz CT molecular complexity index is 401. The summed E-state index contributed by atoms with van der Waals surface area (Å²) in [5.74, 6) is 3.87. The van der Waals surface area contributed by atoms with Crippen LogP contribution in [0.4, 0.5) is 0 Å². The third-order valence-corrected chi connectivity index (χ3v) is 7.16. The predicted octanol–water partition coefficient (Wildman–Crippen LogP) is 4.08. The molecule has 1 unspecified atom stereocenters. The minimum Gasteiger partial charge on any atom is -0.330 e. The lowest BCUT2D eigenvalue weighted by Crippen LogP contribution is -2.51. The van der Waals surface area contributed by atoms with Gasteiger partial charge in [0.15, 0.2) is 0 Å². The van der Waals surface area contributed by atoms with Gasteiger partial charge in [0.05, 0.1) is 0 Å². The van der Waals surface area contributed by atoms with Crippen molar-refractivity contribution in [1.82, 2.24) is 0 Å². The van der Waals surface area contributed by atoms with E-state index < -0.39 is 0 Å².